The van der Waals surface area contributed by atoms with Gasteiger partial charge in [-0.1, -0.05) is 88.9 Å². The summed E-state index contributed by atoms with van der Waals surface area (Å²) in [5, 5.41) is 2.68. The summed E-state index contributed by atoms with van der Waals surface area (Å²) in [5.74, 6) is 0.704. The van der Waals surface area contributed by atoms with Crippen molar-refractivity contribution >= 4 is 42.6 Å². The minimum Gasteiger partial charge on any atom is -0.0835 e. The fourth-order valence-electron chi connectivity index (χ4n) is 3.81. The second-order valence-electron chi connectivity index (χ2n) is 6.92. The van der Waals surface area contributed by atoms with Crippen molar-refractivity contribution in [1.82, 2.24) is 0 Å². The van der Waals surface area contributed by atoms with Crippen LogP contribution in [0.2, 0.25) is 0 Å². The molecular formula is C19H22Br2. The first-order valence-electron chi connectivity index (χ1n) is 7.82. The van der Waals surface area contributed by atoms with Crippen molar-refractivity contribution in [3.05, 3.63) is 46.4 Å². The van der Waals surface area contributed by atoms with E-state index >= 15 is 0 Å². The molecule has 3 rings (SSSR count). The van der Waals surface area contributed by atoms with Crippen molar-refractivity contribution in [3.8, 4) is 0 Å². The fourth-order valence-corrected chi connectivity index (χ4v) is 5.66. The Bertz CT molecular complexity index is 645. The zero-order valence-electron chi connectivity index (χ0n) is 12.7. The van der Waals surface area contributed by atoms with E-state index < -0.39 is 0 Å². The molecule has 1 saturated carbocycles. The van der Waals surface area contributed by atoms with Gasteiger partial charge >= 0.3 is 0 Å². The largest absolute Gasteiger partial charge is 0.0835 e. The molecule has 0 heterocycles. The molecule has 0 bridgehead atoms. The molecule has 112 valence electrons. The summed E-state index contributed by atoms with van der Waals surface area (Å²) >= 11 is 7.74. The molecule has 0 nitrogen and oxygen atoms in total. The molecule has 0 amide bonds. The van der Waals surface area contributed by atoms with E-state index in [1.54, 1.807) is 0 Å². The van der Waals surface area contributed by atoms with Gasteiger partial charge in [0.15, 0.2) is 0 Å². The number of benzene rings is 2. The summed E-state index contributed by atoms with van der Waals surface area (Å²) in [7, 11) is 0. The number of alkyl halides is 1. The number of rotatable bonds is 2. The monoisotopic (exact) mass is 408 g/mol. The highest BCUT2D eigenvalue weighted by atomic mass is 79.9. The first-order chi connectivity index (χ1) is 10.0. The molecule has 0 radical (unpaired) electrons. The maximum Gasteiger partial charge on any atom is 0.0434 e. The molecule has 21 heavy (non-hydrogen) atoms. The van der Waals surface area contributed by atoms with Gasteiger partial charge in [0.2, 0.25) is 0 Å². The number of hydrogen-bond acceptors (Lipinski definition) is 0. The van der Waals surface area contributed by atoms with Gasteiger partial charge < -0.3 is 0 Å². The molecule has 2 atom stereocenters. The summed E-state index contributed by atoms with van der Waals surface area (Å²) in [6, 6.07) is 13.2. The lowest BCUT2D eigenvalue weighted by molar-refractivity contribution is 0.137. The summed E-state index contributed by atoms with van der Waals surface area (Å²) < 4.78 is 1.18. The van der Waals surface area contributed by atoms with E-state index in [9.17, 15) is 0 Å². The molecule has 0 aliphatic heterocycles. The second kappa shape index (κ2) is 6.04. The van der Waals surface area contributed by atoms with Crippen LogP contribution < -0.4 is 0 Å². The lowest BCUT2D eigenvalue weighted by atomic mass is 9.66. The molecule has 1 aliphatic carbocycles. The summed E-state index contributed by atoms with van der Waals surface area (Å²) in [6.07, 6.45) is 5.41. The average molecular weight is 410 g/mol. The van der Waals surface area contributed by atoms with Crippen LogP contribution in [0.5, 0.6) is 0 Å². The third-order valence-corrected chi connectivity index (χ3v) is 6.97. The van der Waals surface area contributed by atoms with Crippen LogP contribution in [0.1, 0.15) is 49.9 Å². The van der Waals surface area contributed by atoms with Gasteiger partial charge in [-0.15, -0.1) is 0 Å². The van der Waals surface area contributed by atoms with Gasteiger partial charge in [0.1, 0.15) is 0 Å². The first kappa shape index (κ1) is 15.6. The first-order valence-corrected chi connectivity index (χ1v) is 9.53. The van der Waals surface area contributed by atoms with E-state index in [0.29, 0.717) is 16.2 Å². The highest BCUT2D eigenvalue weighted by Crippen LogP contribution is 2.51. The van der Waals surface area contributed by atoms with Gasteiger partial charge in [-0.05, 0) is 46.6 Å². The Balaban J connectivity index is 2.06. The third-order valence-electron chi connectivity index (χ3n) is 5.14. The van der Waals surface area contributed by atoms with Crippen molar-refractivity contribution in [2.24, 2.45) is 11.3 Å². The van der Waals surface area contributed by atoms with Crippen molar-refractivity contribution in [2.45, 2.75) is 44.4 Å². The molecule has 1 fully saturated rings. The van der Waals surface area contributed by atoms with Crippen molar-refractivity contribution in [3.63, 3.8) is 0 Å². The molecule has 0 spiro atoms. The van der Waals surface area contributed by atoms with Crippen LogP contribution in [0, 0.1) is 11.3 Å². The van der Waals surface area contributed by atoms with E-state index in [0.717, 1.165) is 0 Å². The van der Waals surface area contributed by atoms with Gasteiger partial charge in [-0.25, -0.2) is 0 Å². The molecule has 1 aliphatic rings. The predicted molar refractivity (Wildman–Crippen MR) is 99.1 cm³/mol. The van der Waals surface area contributed by atoms with Crippen LogP contribution in [-0.4, -0.2) is 0 Å². The van der Waals surface area contributed by atoms with E-state index in [1.165, 1.54) is 46.5 Å². The molecule has 2 unspecified atom stereocenters. The lowest BCUT2D eigenvalue weighted by Crippen LogP contribution is -2.30. The molecular weight excluding hydrogens is 388 g/mol. The highest BCUT2D eigenvalue weighted by Gasteiger charge is 2.37. The Morgan fingerprint density at radius 1 is 1.05 bits per heavy atom. The Kier molecular flexibility index (Phi) is 4.47. The Labute approximate surface area is 144 Å². The minimum atomic E-state index is 0.417. The Morgan fingerprint density at radius 3 is 2.48 bits per heavy atom. The predicted octanol–water partition coefficient (Wildman–Crippen LogP) is 7.25. The van der Waals surface area contributed by atoms with E-state index in [2.05, 4.69) is 82.1 Å². The molecule has 0 N–H and O–H groups in total. The van der Waals surface area contributed by atoms with Crippen LogP contribution in [0.25, 0.3) is 10.8 Å². The van der Waals surface area contributed by atoms with Gasteiger partial charge in [0, 0.05) is 9.30 Å². The highest BCUT2D eigenvalue weighted by molar-refractivity contribution is 9.10. The zero-order valence-corrected chi connectivity index (χ0v) is 15.9. The molecule has 2 heteroatoms. The molecule has 0 aromatic heterocycles. The second-order valence-corrected chi connectivity index (χ2v) is 8.77. The quantitative estimate of drug-likeness (QED) is 0.458. The normalized spacial score (nSPS) is 23.1. The molecule has 2 aromatic carbocycles. The maximum absolute atomic E-state index is 4.05. The maximum atomic E-state index is 4.05. The van der Waals surface area contributed by atoms with Gasteiger partial charge in [-0.3, -0.25) is 0 Å². The van der Waals surface area contributed by atoms with E-state index in [4.69, 9.17) is 0 Å². The summed E-state index contributed by atoms with van der Waals surface area (Å²) in [5.41, 5.74) is 1.86. The van der Waals surface area contributed by atoms with Gasteiger partial charge in [0.05, 0.1) is 0 Å². The van der Waals surface area contributed by atoms with Crippen molar-refractivity contribution in [2.75, 3.05) is 0 Å². The number of fused-ring (bicyclic) bond motifs is 1. The van der Waals surface area contributed by atoms with Crippen LogP contribution in [0.3, 0.4) is 0 Å². The van der Waals surface area contributed by atoms with Crippen LogP contribution in [0.4, 0.5) is 0 Å². The number of halogens is 2. The van der Waals surface area contributed by atoms with Crippen LogP contribution >= 0.6 is 31.9 Å². The van der Waals surface area contributed by atoms with Gasteiger partial charge in [0.25, 0.3) is 0 Å². The Morgan fingerprint density at radius 2 is 1.76 bits per heavy atom. The molecule has 2 aromatic rings. The summed E-state index contributed by atoms with van der Waals surface area (Å²) in [4.78, 5) is 0.436. The number of hydrogen-bond donors (Lipinski definition) is 0. The summed E-state index contributed by atoms with van der Waals surface area (Å²) in [6.45, 7) is 4.87. The van der Waals surface area contributed by atoms with Gasteiger partial charge in [-0.2, -0.15) is 0 Å². The average Bonchev–Trinajstić information content (AvgIpc) is 2.47. The smallest absolute Gasteiger partial charge is 0.0434 e. The van der Waals surface area contributed by atoms with E-state index in [-0.39, 0.29) is 0 Å². The van der Waals surface area contributed by atoms with Crippen molar-refractivity contribution in [1.29, 1.82) is 0 Å². The Hall–Kier alpha value is -0.340. The van der Waals surface area contributed by atoms with Crippen molar-refractivity contribution < 1.29 is 0 Å². The zero-order chi connectivity index (χ0) is 15.0. The minimum absolute atomic E-state index is 0.417. The van der Waals surface area contributed by atoms with Crippen LogP contribution in [0.15, 0.2) is 40.9 Å². The lowest BCUT2D eigenvalue weighted by Gasteiger charge is -2.41. The molecule has 0 saturated heterocycles. The standard InChI is InChI=1S/C19H22Br2/c1-19(2)12-6-5-9-16(19)18(21)15-10-11-17(20)14-8-4-3-7-13(14)15/h3-4,7-8,10-11,16,18H,5-6,9,12H2,1-2H3. The topological polar surface area (TPSA) is 0 Å². The third kappa shape index (κ3) is 2.94. The van der Waals surface area contributed by atoms with E-state index in [1.807, 2.05) is 0 Å². The fraction of sp³-hybridized carbons (Fsp3) is 0.474. The van der Waals surface area contributed by atoms with Crippen LogP contribution in [-0.2, 0) is 0 Å². The SMILES string of the molecule is CC1(C)CCCCC1C(Br)c1ccc(Br)c2ccccc12.